The molecule has 0 aromatic heterocycles. The van der Waals surface area contributed by atoms with Crippen molar-refractivity contribution in [3.05, 3.63) is 64.2 Å². The Balaban J connectivity index is 2.21. The Kier molecular flexibility index (Phi) is 5.28. The number of hydrogen-bond acceptors (Lipinski definition) is 3. The summed E-state index contributed by atoms with van der Waals surface area (Å²) in [5, 5.41) is 3.31. The van der Waals surface area contributed by atoms with Crippen molar-refractivity contribution in [3.8, 4) is 0 Å². The lowest BCUT2D eigenvalue weighted by molar-refractivity contribution is 0.0951. The summed E-state index contributed by atoms with van der Waals surface area (Å²) in [7, 11) is -3.47. The lowest BCUT2D eigenvalue weighted by Crippen LogP contribution is -2.25. The maximum Gasteiger partial charge on any atom is 0.253 e. The predicted octanol–water partition coefficient (Wildman–Crippen LogP) is 2.95. The Bertz CT molecular complexity index is 835. The summed E-state index contributed by atoms with van der Waals surface area (Å²) < 4.78 is 25.2. The quantitative estimate of drug-likeness (QED) is 0.868. The maximum absolute atomic E-state index is 12.4. The van der Waals surface area contributed by atoms with E-state index in [0.717, 1.165) is 17.4 Å². The Hall–Kier alpha value is -2.05. The van der Waals surface area contributed by atoms with Gasteiger partial charge in [-0.2, -0.15) is 0 Å². The van der Waals surface area contributed by atoms with Crippen LogP contribution in [0.1, 0.15) is 21.5 Å². The van der Waals surface area contributed by atoms with Gasteiger partial charge < -0.3 is 5.32 Å². The zero-order valence-electron chi connectivity index (χ0n) is 12.8. The van der Waals surface area contributed by atoms with Crippen molar-refractivity contribution in [1.29, 1.82) is 0 Å². The first-order valence-electron chi connectivity index (χ1n) is 6.86. The molecule has 2 rings (SSSR count). The van der Waals surface area contributed by atoms with E-state index in [4.69, 9.17) is 11.6 Å². The zero-order chi connectivity index (χ0) is 17.0. The van der Waals surface area contributed by atoms with E-state index in [1.807, 2.05) is 25.1 Å². The zero-order valence-corrected chi connectivity index (χ0v) is 14.3. The number of rotatable bonds is 5. The Morgan fingerprint density at radius 1 is 1.17 bits per heavy atom. The van der Waals surface area contributed by atoms with Crippen molar-refractivity contribution in [3.63, 3.8) is 0 Å². The molecule has 0 heterocycles. The van der Waals surface area contributed by atoms with Crippen molar-refractivity contribution in [2.45, 2.75) is 13.5 Å². The van der Waals surface area contributed by atoms with Gasteiger partial charge in [-0.3, -0.25) is 9.52 Å². The van der Waals surface area contributed by atoms with E-state index < -0.39 is 10.0 Å². The highest BCUT2D eigenvalue weighted by atomic mass is 35.5. The fraction of sp³-hybridized carbons (Fsp3) is 0.188. The highest BCUT2D eigenvalue weighted by molar-refractivity contribution is 7.92. The Labute approximate surface area is 140 Å². The minimum atomic E-state index is -3.47. The molecular weight excluding hydrogens is 336 g/mol. The van der Waals surface area contributed by atoms with E-state index in [1.165, 1.54) is 0 Å². The summed E-state index contributed by atoms with van der Waals surface area (Å²) >= 11 is 6.05. The molecule has 5 nitrogen and oxygen atoms in total. The normalized spacial score (nSPS) is 11.1. The fourth-order valence-corrected chi connectivity index (χ4v) is 2.83. The van der Waals surface area contributed by atoms with E-state index in [1.54, 1.807) is 24.3 Å². The molecule has 0 atom stereocenters. The minimum Gasteiger partial charge on any atom is -0.348 e. The largest absolute Gasteiger partial charge is 0.348 e. The Morgan fingerprint density at radius 2 is 1.87 bits per heavy atom. The number of carbonyl (C=O) groups is 1. The van der Waals surface area contributed by atoms with Crippen LogP contribution in [0.15, 0.2) is 42.5 Å². The first-order chi connectivity index (χ1) is 10.8. The lowest BCUT2D eigenvalue weighted by atomic mass is 10.1. The second-order valence-electron chi connectivity index (χ2n) is 5.20. The molecular formula is C16H17ClN2O3S. The first kappa shape index (κ1) is 17.3. The smallest absolute Gasteiger partial charge is 0.253 e. The molecule has 0 saturated heterocycles. The third-order valence-corrected chi connectivity index (χ3v) is 4.07. The summed E-state index contributed by atoms with van der Waals surface area (Å²) in [5.74, 6) is -0.375. The third-order valence-electron chi connectivity index (χ3n) is 3.11. The van der Waals surface area contributed by atoms with Crippen LogP contribution in [-0.4, -0.2) is 20.6 Å². The van der Waals surface area contributed by atoms with Gasteiger partial charge in [0.15, 0.2) is 0 Å². The fourth-order valence-electron chi connectivity index (χ4n) is 2.05. The molecule has 0 saturated carbocycles. The number of carbonyl (C=O) groups excluding carboxylic acids is 1. The van der Waals surface area contributed by atoms with Gasteiger partial charge in [-0.05, 0) is 30.7 Å². The van der Waals surface area contributed by atoms with E-state index >= 15 is 0 Å². The third kappa shape index (κ3) is 4.97. The van der Waals surface area contributed by atoms with Crippen LogP contribution in [0.5, 0.6) is 0 Å². The van der Waals surface area contributed by atoms with Gasteiger partial charge in [-0.15, -0.1) is 0 Å². The van der Waals surface area contributed by atoms with Crippen LogP contribution in [0.4, 0.5) is 5.69 Å². The van der Waals surface area contributed by atoms with Crippen molar-refractivity contribution < 1.29 is 13.2 Å². The van der Waals surface area contributed by atoms with Crippen molar-refractivity contribution >= 4 is 33.2 Å². The summed E-state index contributed by atoms with van der Waals surface area (Å²) in [6.45, 7) is 2.08. The highest BCUT2D eigenvalue weighted by Gasteiger charge is 2.14. The highest BCUT2D eigenvalue weighted by Crippen LogP contribution is 2.19. The summed E-state index contributed by atoms with van der Waals surface area (Å²) in [6, 6.07) is 12.1. The molecule has 2 aromatic rings. The molecule has 23 heavy (non-hydrogen) atoms. The van der Waals surface area contributed by atoms with Crippen LogP contribution < -0.4 is 10.0 Å². The van der Waals surface area contributed by atoms with Gasteiger partial charge in [0.2, 0.25) is 10.0 Å². The van der Waals surface area contributed by atoms with Crippen LogP contribution in [0, 0.1) is 6.92 Å². The molecule has 122 valence electrons. The monoisotopic (exact) mass is 352 g/mol. The molecule has 1 amide bonds. The summed E-state index contributed by atoms with van der Waals surface area (Å²) in [4.78, 5) is 12.4. The van der Waals surface area contributed by atoms with Crippen LogP contribution >= 0.6 is 11.6 Å². The van der Waals surface area contributed by atoms with Crippen LogP contribution in [0.2, 0.25) is 5.02 Å². The number of hydrogen-bond donors (Lipinski definition) is 2. The van der Waals surface area contributed by atoms with Gasteiger partial charge in [0.05, 0.1) is 17.5 Å². The van der Waals surface area contributed by atoms with E-state index in [9.17, 15) is 13.2 Å². The standard InChI is InChI=1S/C16H17ClN2O3S/c1-11-7-8-15(19-23(2,21)22)13(9-11)16(20)18-10-12-5-3-4-6-14(12)17/h3-9,19H,10H2,1-2H3,(H,18,20). The predicted molar refractivity (Wildman–Crippen MR) is 92.3 cm³/mol. The molecule has 0 radical (unpaired) electrons. The van der Waals surface area contributed by atoms with E-state index in [2.05, 4.69) is 10.0 Å². The van der Waals surface area contributed by atoms with E-state index in [0.29, 0.717) is 5.02 Å². The topological polar surface area (TPSA) is 75.3 Å². The molecule has 0 bridgehead atoms. The molecule has 0 unspecified atom stereocenters. The number of amides is 1. The molecule has 7 heteroatoms. The maximum atomic E-state index is 12.4. The first-order valence-corrected chi connectivity index (χ1v) is 9.13. The minimum absolute atomic E-state index is 0.245. The number of aryl methyl sites for hydroxylation is 1. The van der Waals surface area contributed by atoms with Crippen LogP contribution in [0.25, 0.3) is 0 Å². The van der Waals surface area contributed by atoms with Gasteiger partial charge >= 0.3 is 0 Å². The number of nitrogens with one attached hydrogen (secondary N) is 2. The lowest BCUT2D eigenvalue weighted by Gasteiger charge is -2.12. The van der Waals surface area contributed by atoms with E-state index in [-0.39, 0.29) is 23.7 Å². The van der Waals surface area contributed by atoms with Gasteiger partial charge in [0.1, 0.15) is 0 Å². The number of anilines is 1. The number of benzene rings is 2. The molecule has 0 aliphatic heterocycles. The molecule has 0 spiro atoms. The van der Waals surface area contributed by atoms with Gasteiger partial charge in [0, 0.05) is 11.6 Å². The molecule has 2 N–H and O–H groups in total. The second-order valence-corrected chi connectivity index (χ2v) is 7.35. The second kappa shape index (κ2) is 7.02. The van der Waals surface area contributed by atoms with Crippen molar-refractivity contribution in [1.82, 2.24) is 5.32 Å². The van der Waals surface area contributed by atoms with Gasteiger partial charge in [0.25, 0.3) is 5.91 Å². The summed E-state index contributed by atoms with van der Waals surface area (Å²) in [6.07, 6.45) is 1.04. The van der Waals surface area contributed by atoms with Crippen molar-refractivity contribution in [2.75, 3.05) is 11.0 Å². The van der Waals surface area contributed by atoms with Gasteiger partial charge in [-0.1, -0.05) is 41.4 Å². The van der Waals surface area contributed by atoms with Crippen LogP contribution in [0.3, 0.4) is 0 Å². The molecule has 2 aromatic carbocycles. The molecule has 0 aliphatic rings. The molecule has 0 fully saturated rings. The average Bonchev–Trinajstić information content (AvgIpc) is 2.46. The average molecular weight is 353 g/mol. The summed E-state index contributed by atoms with van der Waals surface area (Å²) in [5.41, 5.74) is 2.15. The molecule has 0 aliphatic carbocycles. The van der Waals surface area contributed by atoms with Crippen molar-refractivity contribution in [2.24, 2.45) is 0 Å². The SMILES string of the molecule is Cc1ccc(NS(C)(=O)=O)c(C(=O)NCc2ccccc2Cl)c1. The number of sulfonamides is 1. The van der Waals surface area contributed by atoms with Gasteiger partial charge in [-0.25, -0.2) is 8.42 Å². The Morgan fingerprint density at radius 3 is 2.52 bits per heavy atom. The number of halogens is 1. The van der Waals surface area contributed by atoms with Crippen LogP contribution in [-0.2, 0) is 16.6 Å².